The van der Waals surface area contributed by atoms with Gasteiger partial charge >= 0.3 is 0 Å². The van der Waals surface area contributed by atoms with Crippen molar-refractivity contribution in [2.45, 2.75) is 64.5 Å². The van der Waals surface area contributed by atoms with Gasteiger partial charge in [-0.05, 0) is 56.8 Å². The molecule has 20 heavy (non-hydrogen) atoms. The predicted octanol–water partition coefficient (Wildman–Crippen LogP) is 3.94. The number of hydrogen-bond donors (Lipinski definition) is 1. The molecule has 2 rings (SSSR count). The Morgan fingerprint density at radius 3 is 2.55 bits per heavy atom. The van der Waals surface area contributed by atoms with Gasteiger partial charge < -0.3 is 5.11 Å². The molecule has 1 aliphatic heterocycles. The van der Waals surface area contributed by atoms with Crippen LogP contribution in [-0.4, -0.2) is 28.6 Å². The van der Waals surface area contributed by atoms with Crippen molar-refractivity contribution in [1.29, 1.82) is 0 Å². The molecule has 1 fully saturated rings. The zero-order chi connectivity index (χ0) is 14.6. The summed E-state index contributed by atoms with van der Waals surface area (Å²) in [7, 11) is 0. The van der Waals surface area contributed by atoms with E-state index in [4.69, 9.17) is 0 Å². The Balaban J connectivity index is 2.23. The van der Waals surface area contributed by atoms with Gasteiger partial charge in [0.2, 0.25) is 0 Å². The average molecular weight is 275 g/mol. The molecule has 0 aromatic heterocycles. The number of nitrogens with zero attached hydrogens (tertiary/aromatic N) is 1. The monoisotopic (exact) mass is 275 g/mol. The second-order valence-electron chi connectivity index (χ2n) is 6.30. The van der Waals surface area contributed by atoms with Crippen LogP contribution < -0.4 is 0 Å². The van der Waals surface area contributed by atoms with Gasteiger partial charge in [0.1, 0.15) is 0 Å². The molecule has 2 unspecified atom stereocenters. The van der Waals surface area contributed by atoms with Crippen molar-refractivity contribution in [3.8, 4) is 0 Å². The van der Waals surface area contributed by atoms with Crippen molar-refractivity contribution >= 4 is 0 Å². The lowest BCUT2D eigenvalue weighted by Crippen LogP contribution is -2.48. The van der Waals surface area contributed by atoms with Crippen LogP contribution in [0.1, 0.15) is 63.7 Å². The van der Waals surface area contributed by atoms with Crippen molar-refractivity contribution < 1.29 is 5.11 Å². The van der Waals surface area contributed by atoms with Gasteiger partial charge in [0.25, 0.3) is 0 Å². The largest absolute Gasteiger partial charge is 0.386 e. The molecule has 1 N–H and O–H groups in total. The molecule has 0 aliphatic carbocycles. The summed E-state index contributed by atoms with van der Waals surface area (Å²) in [5.41, 5.74) is 2.28. The first-order valence-corrected chi connectivity index (χ1v) is 8.13. The fourth-order valence-electron chi connectivity index (χ4n) is 3.38. The maximum atomic E-state index is 11.0. The van der Waals surface area contributed by atoms with Crippen molar-refractivity contribution in [3.05, 3.63) is 35.4 Å². The first-order valence-electron chi connectivity index (χ1n) is 8.13. The maximum absolute atomic E-state index is 11.0. The molecule has 1 saturated heterocycles. The van der Waals surface area contributed by atoms with Crippen LogP contribution >= 0.6 is 0 Å². The second-order valence-corrected chi connectivity index (χ2v) is 6.30. The summed E-state index contributed by atoms with van der Waals surface area (Å²) in [4.78, 5) is 2.48. The summed E-state index contributed by atoms with van der Waals surface area (Å²) in [6, 6.07) is 8.52. The van der Waals surface area contributed by atoms with Gasteiger partial charge in [0, 0.05) is 5.54 Å². The van der Waals surface area contributed by atoms with Gasteiger partial charge in [-0.25, -0.2) is 0 Å². The molecule has 112 valence electrons. The van der Waals surface area contributed by atoms with Crippen LogP contribution in [0.15, 0.2) is 24.3 Å². The molecule has 1 heterocycles. The van der Waals surface area contributed by atoms with Gasteiger partial charge in [-0.1, -0.05) is 44.5 Å². The fraction of sp³-hybridized carbons (Fsp3) is 0.667. The van der Waals surface area contributed by atoms with E-state index in [1.54, 1.807) is 0 Å². The van der Waals surface area contributed by atoms with Crippen LogP contribution in [0.5, 0.6) is 0 Å². The highest BCUT2D eigenvalue weighted by Gasteiger charge is 2.39. The maximum Gasteiger partial charge on any atom is 0.0970 e. The molecule has 1 aliphatic rings. The molecule has 1 aromatic carbocycles. The molecule has 2 heteroatoms. The smallest absolute Gasteiger partial charge is 0.0970 e. The number of likely N-dealkylation sites (tertiary alicyclic amines) is 1. The first kappa shape index (κ1) is 15.5. The van der Waals surface area contributed by atoms with E-state index in [9.17, 15) is 5.11 Å². The van der Waals surface area contributed by atoms with E-state index < -0.39 is 6.10 Å². The third kappa shape index (κ3) is 3.07. The van der Waals surface area contributed by atoms with E-state index >= 15 is 0 Å². The second kappa shape index (κ2) is 6.73. The summed E-state index contributed by atoms with van der Waals surface area (Å²) in [6.45, 7) is 8.85. The van der Waals surface area contributed by atoms with Crippen LogP contribution in [0.3, 0.4) is 0 Å². The van der Waals surface area contributed by atoms with Crippen molar-refractivity contribution in [2.75, 3.05) is 13.1 Å². The topological polar surface area (TPSA) is 23.5 Å². The number of aliphatic hydroxyl groups is 1. The van der Waals surface area contributed by atoms with Crippen molar-refractivity contribution in [3.63, 3.8) is 0 Å². The van der Waals surface area contributed by atoms with Crippen LogP contribution in [0.4, 0.5) is 0 Å². The highest BCUT2D eigenvalue weighted by molar-refractivity contribution is 5.27. The Morgan fingerprint density at radius 1 is 1.25 bits per heavy atom. The predicted molar refractivity (Wildman–Crippen MR) is 84.9 cm³/mol. The van der Waals surface area contributed by atoms with Gasteiger partial charge in [-0.2, -0.15) is 0 Å². The third-order valence-electron chi connectivity index (χ3n) is 4.94. The minimum absolute atomic E-state index is 0.138. The number of hydrogen-bond acceptors (Lipinski definition) is 2. The Bertz CT molecular complexity index is 425. The van der Waals surface area contributed by atoms with Crippen LogP contribution in [0, 0.1) is 0 Å². The Labute approximate surface area is 123 Å². The molecular formula is C18H29NO. The minimum Gasteiger partial charge on any atom is -0.386 e. The van der Waals surface area contributed by atoms with E-state index in [-0.39, 0.29) is 5.54 Å². The molecule has 1 aromatic rings. The van der Waals surface area contributed by atoms with Gasteiger partial charge in [0.05, 0.1) is 6.10 Å². The van der Waals surface area contributed by atoms with E-state index in [1.807, 2.05) is 0 Å². The molecular weight excluding hydrogens is 246 g/mol. The van der Waals surface area contributed by atoms with Gasteiger partial charge in [-0.15, -0.1) is 0 Å². The SMILES string of the molecule is CCCc1cccc(C(O)C(C)(CC)N2CCCC2)c1. The summed E-state index contributed by atoms with van der Waals surface area (Å²) in [6.07, 6.45) is 5.34. The molecule has 2 atom stereocenters. The van der Waals surface area contributed by atoms with Crippen LogP contribution in [0.2, 0.25) is 0 Å². The molecule has 2 nitrogen and oxygen atoms in total. The van der Waals surface area contributed by atoms with Crippen molar-refractivity contribution in [1.82, 2.24) is 4.90 Å². The summed E-state index contributed by atoms with van der Waals surface area (Å²) in [5.74, 6) is 0. The minimum atomic E-state index is -0.401. The summed E-state index contributed by atoms with van der Waals surface area (Å²) >= 11 is 0. The van der Waals surface area contributed by atoms with E-state index in [0.29, 0.717) is 0 Å². The zero-order valence-electron chi connectivity index (χ0n) is 13.2. The van der Waals surface area contributed by atoms with Gasteiger partial charge in [-0.3, -0.25) is 4.90 Å². The van der Waals surface area contributed by atoms with E-state index in [0.717, 1.165) is 37.9 Å². The molecule has 0 amide bonds. The highest BCUT2D eigenvalue weighted by Crippen LogP contribution is 2.36. The standard InChI is InChI=1S/C18H29NO/c1-4-9-15-10-8-11-16(14-15)17(20)18(3,5-2)19-12-6-7-13-19/h8,10-11,14,17,20H,4-7,9,12-13H2,1-3H3. The number of rotatable bonds is 6. The lowest BCUT2D eigenvalue weighted by Gasteiger charge is -2.42. The highest BCUT2D eigenvalue weighted by atomic mass is 16.3. The molecule has 0 spiro atoms. The van der Waals surface area contributed by atoms with E-state index in [1.165, 1.54) is 18.4 Å². The first-order chi connectivity index (χ1) is 9.61. The molecule has 0 bridgehead atoms. The number of aryl methyl sites for hydroxylation is 1. The fourth-order valence-corrected chi connectivity index (χ4v) is 3.38. The van der Waals surface area contributed by atoms with Crippen LogP contribution in [-0.2, 0) is 6.42 Å². The molecule has 0 saturated carbocycles. The Morgan fingerprint density at radius 2 is 1.95 bits per heavy atom. The van der Waals surface area contributed by atoms with Gasteiger partial charge in [0.15, 0.2) is 0 Å². The van der Waals surface area contributed by atoms with E-state index in [2.05, 4.69) is 49.9 Å². The lowest BCUT2D eigenvalue weighted by molar-refractivity contribution is -0.0140. The van der Waals surface area contributed by atoms with Crippen molar-refractivity contribution in [2.24, 2.45) is 0 Å². The number of benzene rings is 1. The summed E-state index contributed by atoms with van der Waals surface area (Å²) < 4.78 is 0. The Kier molecular flexibility index (Phi) is 5.22. The lowest BCUT2D eigenvalue weighted by atomic mass is 9.84. The summed E-state index contributed by atoms with van der Waals surface area (Å²) in [5, 5.41) is 11.0. The zero-order valence-corrected chi connectivity index (χ0v) is 13.2. The quantitative estimate of drug-likeness (QED) is 0.850. The number of aliphatic hydroxyl groups excluding tert-OH is 1. The van der Waals surface area contributed by atoms with Crippen LogP contribution in [0.25, 0.3) is 0 Å². The Hall–Kier alpha value is -0.860. The average Bonchev–Trinajstić information content (AvgIpc) is 3.01. The molecule has 0 radical (unpaired) electrons. The normalized spacial score (nSPS) is 20.8. The third-order valence-corrected chi connectivity index (χ3v) is 4.94.